The molecule has 0 aromatic rings. The zero-order valence-electron chi connectivity index (χ0n) is 8.84. The number of fused-ring (bicyclic) bond motifs is 1. The van der Waals surface area contributed by atoms with Gasteiger partial charge in [0.05, 0.1) is 11.5 Å². The molecule has 0 spiro atoms. The van der Waals surface area contributed by atoms with Crippen LogP contribution in [0.4, 0.5) is 0 Å². The molecular formula is C9H13NO5S. The lowest BCUT2D eigenvalue weighted by Crippen LogP contribution is -2.40. The normalized spacial score (nSPS) is 36.1. The molecule has 0 aromatic carbocycles. The summed E-state index contributed by atoms with van der Waals surface area (Å²) < 4.78 is 22.9. The highest BCUT2D eigenvalue weighted by molar-refractivity contribution is 7.91. The number of carboxylic acids is 1. The zero-order chi connectivity index (χ0) is 12.1. The average molecular weight is 247 g/mol. The number of nitrogens with zero attached hydrogens (tertiary/aromatic N) is 1. The van der Waals surface area contributed by atoms with Crippen molar-refractivity contribution in [2.45, 2.75) is 6.92 Å². The van der Waals surface area contributed by atoms with Gasteiger partial charge in [0, 0.05) is 25.9 Å². The molecule has 0 radical (unpaired) electrons. The number of carboxylic acid groups (broad SMARTS) is 1. The lowest BCUT2D eigenvalue weighted by Gasteiger charge is -2.21. The Bertz CT molecular complexity index is 457. The summed E-state index contributed by atoms with van der Waals surface area (Å²) >= 11 is 0. The van der Waals surface area contributed by atoms with Crippen LogP contribution < -0.4 is 0 Å². The number of carbonyl (C=O) groups excluding carboxylic acids is 1. The molecule has 1 amide bonds. The van der Waals surface area contributed by atoms with Crippen LogP contribution >= 0.6 is 0 Å². The van der Waals surface area contributed by atoms with Crippen molar-refractivity contribution in [3.63, 3.8) is 0 Å². The largest absolute Gasteiger partial charge is 0.481 e. The number of aliphatic carboxylic acids is 1. The number of rotatable bonds is 1. The van der Waals surface area contributed by atoms with Crippen LogP contribution in [0.5, 0.6) is 0 Å². The van der Waals surface area contributed by atoms with E-state index in [0.29, 0.717) is 0 Å². The van der Waals surface area contributed by atoms with Crippen LogP contribution in [-0.2, 0) is 19.4 Å². The van der Waals surface area contributed by atoms with E-state index in [1.54, 1.807) is 0 Å². The van der Waals surface area contributed by atoms with Crippen LogP contribution in [0.2, 0.25) is 0 Å². The highest BCUT2D eigenvalue weighted by Crippen LogP contribution is 2.44. The van der Waals surface area contributed by atoms with Gasteiger partial charge in [0.1, 0.15) is 5.41 Å². The molecule has 6 nitrogen and oxygen atoms in total. The Balaban J connectivity index is 2.36. The maximum Gasteiger partial charge on any atom is 0.312 e. The third-order valence-electron chi connectivity index (χ3n) is 3.50. The molecule has 0 saturated carbocycles. The van der Waals surface area contributed by atoms with Crippen molar-refractivity contribution in [1.29, 1.82) is 0 Å². The van der Waals surface area contributed by atoms with Gasteiger partial charge in [-0.25, -0.2) is 8.42 Å². The lowest BCUT2D eigenvalue weighted by molar-refractivity contribution is -0.148. The van der Waals surface area contributed by atoms with Gasteiger partial charge in [-0.05, 0) is 0 Å². The predicted molar refractivity (Wildman–Crippen MR) is 54.5 cm³/mol. The second-order valence-electron chi connectivity index (χ2n) is 4.61. The smallest absolute Gasteiger partial charge is 0.312 e. The van der Waals surface area contributed by atoms with E-state index in [2.05, 4.69) is 0 Å². The van der Waals surface area contributed by atoms with Crippen LogP contribution in [0.1, 0.15) is 6.92 Å². The van der Waals surface area contributed by atoms with Gasteiger partial charge in [0.2, 0.25) is 5.91 Å². The SMILES string of the molecule is CC(=O)N1C[C@@H]2CS(=O)(=O)C[C@]2(C(=O)O)C1. The summed E-state index contributed by atoms with van der Waals surface area (Å²) in [4.78, 5) is 23.9. The van der Waals surface area contributed by atoms with Crippen LogP contribution in [0.15, 0.2) is 0 Å². The van der Waals surface area contributed by atoms with Gasteiger partial charge in [-0.2, -0.15) is 0 Å². The number of amides is 1. The molecule has 16 heavy (non-hydrogen) atoms. The summed E-state index contributed by atoms with van der Waals surface area (Å²) in [6, 6.07) is 0. The van der Waals surface area contributed by atoms with Crippen molar-refractivity contribution in [1.82, 2.24) is 4.90 Å². The minimum atomic E-state index is -3.28. The number of hydrogen-bond acceptors (Lipinski definition) is 4. The molecule has 2 heterocycles. The Hall–Kier alpha value is -1.11. The molecule has 0 bridgehead atoms. The van der Waals surface area contributed by atoms with Gasteiger partial charge in [0.25, 0.3) is 0 Å². The molecule has 0 aromatic heterocycles. The fourth-order valence-electron chi connectivity index (χ4n) is 2.65. The first kappa shape index (κ1) is 11.4. The first-order valence-electron chi connectivity index (χ1n) is 4.96. The van der Waals surface area contributed by atoms with Crippen LogP contribution in [-0.4, -0.2) is 54.9 Å². The highest BCUT2D eigenvalue weighted by Gasteiger charge is 2.60. The third-order valence-corrected chi connectivity index (χ3v) is 5.36. The molecule has 2 saturated heterocycles. The first-order valence-corrected chi connectivity index (χ1v) is 6.78. The Morgan fingerprint density at radius 3 is 2.50 bits per heavy atom. The van der Waals surface area contributed by atoms with E-state index in [-0.39, 0.29) is 30.5 Å². The van der Waals surface area contributed by atoms with Crippen molar-refractivity contribution in [2.24, 2.45) is 11.3 Å². The number of likely N-dealkylation sites (tertiary alicyclic amines) is 1. The van der Waals surface area contributed by atoms with Crippen molar-refractivity contribution in [2.75, 3.05) is 24.6 Å². The summed E-state index contributed by atoms with van der Waals surface area (Å²) in [7, 11) is -3.28. The third kappa shape index (κ3) is 1.50. The summed E-state index contributed by atoms with van der Waals surface area (Å²) in [5, 5.41) is 9.20. The molecule has 0 aliphatic carbocycles. The first-order chi connectivity index (χ1) is 7.27. The van der Waals surface area contributed by atoms with E-state index >= 15 is 0 Å². The fraction of sp³-hybridized carbons (Fsp3) is 0.778. The van der Waals surface area contributed by atoms with Gasteiger partial charge in [-0.3, -0.25) is 9.59 Å². The van der Waals surface area contributed by atoms with Crippen molar-refractivity contribution in [3.8, 4) is 0 Å². The van der Waals surface area contributed by atoms with Crippen molar-refractivity contribution >= 4 is 21.7 Å². The monoisotopic (exact) mass is 247 g/mol. The molecule has 2 fully saturated rings. The van der Waals surface area contributed by atoms with E-state index in [1.807, 2.05) is 0 Å². The molecule has 2 rings (SSSR count). The van der Waals surface area contributed by atoms with Crippen LogP contribution in [0.3, 0.4) is 0 Å². The van der Waals surface area contributed by atoms with Gasteiger partial charge in [-0.15, -0.1) is 0 Å². The quantitative estimate of drug-likeness (QED) is 0.639. The van der Waals surface area contributed by atoms with Gasteiger partial charge < -0.3 is 10.0 Å². The molecule has 2 aliphatic heterocycles. The summed E-state index contributed by atoms with van der Waals surface area (Å²) in [5.74, 6) is -2.24. The van der Waals surface area contributed by atoms with Gasteiger partial charge >= 0.3 is 5.97 Å². The topological polar surface area (TPSA) is 91.8 Å². The van der Waals surface area contributed by atoms with Crippen molar-refractivity contribution < 1.29 is 23.1 Å². The van der Waals surface area contributed by atoms with E-state index in [4.69, 9.17) is 0 Å². The number of carbonyl (C=O) groups is 2. The Labute approximate surface area is 93.1 Å². The summed E-state index contributed by atoms with van der Waals surface area (Å²) in [6.45, 7) is 1.62. The Kier molecular flexibility index (Phi) is 2.27. The number of hydrogen-bond donors (Lipinski definition) is 1. The second-order valence-corrected chi connectivity index (χ2v) is 6.72. The minimum absolute atomic E-state index is 0.0154. The standard InChI is InChI=1S/C9H13NO5S/c1-6(11)10-2-7-3-16(14,15)5-9(7,4-10)8(12)13/h7H,2-5H2,1H3,(H,12,13)/t7-,9-/m1/s1. The fourth-order valence-corrected chi connectivity index (χ4v) is 5.04. The molecular weight excluding hydrogens is 234 g/mol. The summed E-state index contributed by atoms with van der Waals surface area (Å²) in [6.07, 6.45) is 0. The predicted octanol–water partition coefficient (Wildman–Crippen LogP) is -1.04. The maximum absolute atomic E-state index is 11.5. The minimum Gasteiger partial charge on any atom is -0.481 e. The summed E-state index contributed by atoms with van der Waals surface area (Å²) in [5.41, 5.74) is -1.27. The zero-order valence-corrected chi connectivity index (χ0v) is 9.66. The molecule has 7 heteroatoms. The van der Waals surface area contributed by atoms with E-state index < -0.39 is 27.1 Å². The Morgan fingerprint density at radius 1 is 1.44 bits per heavy atom. The van der Waals surface area contributed by atoms with Crippen LogP contribution in [0.25, 0.3) is 0 Å². The lowest BCUT2D eigenvalue weighted by atomic mass is 9.81. The molecule has 2 aliphatic rings. The Morgan fingerprint density at radius 2 is 2.06 bits per heavy atom. The van der Waals surface area contributed by atoms with Gasteiger partial charge in [0.15, 0.2) is 9.84 Å². The van der Waals surface area contributed by atoms with E-state index in [0.717, 1.165) is 0 Å². The maximum atomic E-state index is 11.5. The highest BCUT2D eigenvalue weighted by atomic mass is 32.2. The molecule has 90 valence electrons. The van der Waals surface area contributed by atoms with Crippen molar-refractivity contribution in [3.05, 3.63) is 0 Å². The average Bonchev–Trinajstić information content (AvgIpc) is 2.53. The molecule has 2 atom stereocenters. The van der Waals surface area contributed by atoms with E-state index in [1.165, 1.54) is 11.8 Å². The van der Waals surface area contributed by atoms with E-state index in [9.17, 15) is 23.1 Å². The second kappa shape index (κ2) is 3.19. The molecule has 0 unspecified atom stereocenters. The molecule has 1 N–H and O–H groups in total. The van der Waals surface area contributed by atoms with Crippen LogP contribution in [0, 0.1) is 11.3 Å². The van der Waals surface area contributed by atoms with Gasteiger partial charge in [-0.1, -0.05) is 0 Å². The number of sulfone groups is 1.